The predicted molar refractivity (Wildman–Crippen MR) is 115 cm³/mol. The second kappa shape index (κ2) is 10.4. The number of benzene rings is 2. The van der Waals surface area contributed by atoms with Gasteiger partial charge >= 0.3 is 0 Å². The minimum atomic E-state index is -0.333. The molecule has 29 heavy (non-hydrogen) atoms. The number of thioether (sulfide) groups is 1. The number of carbonyl (C=O) groups excluding carboxylic acids is 2. The molecule has 0 unspecified atom stereocenters. The predicted octanol–water partition coefficient (Wildman–Crippen LogP) is 2.74. The molecule has 1 heterocycles. The summed E-state index contributed by atoms with van der Waals surface area (Å²) in [5, 5.41) is 5.71. The SMILES string of the molecule is CSc1cccc(NC(=O)CN2CCN(CC(=O)Nc3ccc(F)cc3)CC2)c1. The maximum Gasteiger partial charge on any atom is 0.238 e. The largest absolute Gasteiger partial charge is 0.325 e. The van der Waals surface area contributed by atoms with Gasteiger partial charge in [-0.15, -0.1) is 11.8 Å². The standard InChI is InChI=1S/C21H25FN4O2S/c1-29-19-4-2-3-18(13-19)24-21(28)15-26-11-9-25(10-12-26)14-20(27)23-17-7-5-16(22)6-8-17/h2-8,13H,9-12,14-15H2,1H3,(H,23,27)(H,24,28). The van der Waals surface area contributed by atoms with Crippen LogP contribution >= 0.6 is 11.8 Å². The van der Waals surface area contributed by atoms with E-state index in [1.165, 1.54) is 12.1 Å². The molecule has 1 fully saturated rings. The zero-order chi connectivity index (χ0) is 20.6. The fraction of sp³-hybridized carbons (Fsp3) is 0.333. The highest BCUT2D eigenvalue weighted by atomic mass is 32.2. The molecule has 1 aliphatic rings. The summed E-state index contributed by atoms with van der Waals surface area (Å²) in [6, 6.07) is 13.5. The van der Waals surface area contributed by atoms with Crippen molar-refractivity contribution in [1.29, 1.82) is 0 Å². The maximum atomic E-state index is 12.9. The van der Waals surface area contributed by atoms with Gasteiger partial charge in [-0.2, -0.15) is 0 Å². The van der Waals surface area contributed by atoms with E-state index in [-0.39, 0.29) is 24.2 Å². The number of nitrogens with zero attached hydrogens (tertiary/aromatic N) is 2. The summed E-state index contributed by atoms with van der Waals surface area (Å²) in [4.78, 5) is 29.7. The first-order chi connectivity index (χ1) is 14.0. The third-order valence-electron chi connectivity index (χ3n) is 4.68. The minimum absolute atomic E-state index is 0.0363. The molecule has 2 aromatic rings. The number of hydrogen-bond acceptors (Lipinski definition) is 5. The second-order valence-electron chi connectivity index (χ2n) is 6.89. The van der Waals surface area contributed by atoms with E-state index in [0.29, 0.717) is 25.3 Å². The van der Waals surface area contributed by atoms with Gasteiger partial charge in [0.15, 0.2) is 0 Å². The van der Waals surface area contributed by atoms with Crippen LogP contribution in [0.4, 0.5) is 15.8 Å². The van der Waals surface area contributed by atoms with Crippen molar-refractivity contribution in [3.05, 3.63) is 54.3 Å². The highest BCUT2D eigenvalue weighted by Crippen LogP contribution is 2.19. The highest BCUT2D eigenvalue weighted by molar-refractivity contribution is 7.98. The summed E-state index contributed by atoms with van der Waals surface area (Å²) < 4.78 is 12.9. The van der Waals surface area contributed by atoms with Gasteiger partial charge in [0.1, 0.15) is 5.82 Å². The Hall–Kier alpha value is -2.42. The average molecular weight is 417 g/mol. The number of halogens is 1. The number of rotatable bonds is 7. The van der Waals surface area contributed by atoms with E-state index in [1.54, 1.807) is 23.9 Å². The highest BCUT2D eigenvalue weighted by Gasteiger charge is 2.20. The van der Waals surface area contributed by atoms with Crippen LogP contribution in [0.5, 0.6) is 0 Å². The van der Waals surface area contributed by atoms with Crippen LogP contribution in [0.15, 0.2) is 53.4 Å². The van der Waals surface area contributed by atoms with Gasteiger partial charge in [0, 0.05) is 42.4 Å². The van der Waals surface area contributed by atoms with Crippen LogP contribution < -0.4 is 10.6 Å². The first-order valence-corrected chi connectivity index (χ1v) is 10.7. The number of hydrogen-bond donors (Lipinski definition) is 2. The van der Waals surface area contributed by atoms with E-state index in [9.17, 15) is 14.0 Å². The number of carbonyl (C=O) groups is 2. The molecule has 0 aliphatic carbocycles. The van der Waals surface area contributed by atoms with Crippen LogP contribution in [0.2, 0.25) is 0 Å². The van der Waals surface area contributed by atoms with Crippen molar-refractivity contribution in [3.63, 3.8) is 0 Å². The molecule has 0 spiro atoms. The van der Waals surface area contributed by atoms with Crippen LogP contribution in [-0.4, -0.2) is 67.1 Å². The normalized spacial score (nSPS) is 15.1. The smallest absolute Gasteiger partial charge is 0.238 e. The Morgan fingerprint density at radius 3 is 2.00 bits per heavy atom. The summed E-state index contributed by atoms with van der Waals surface area (Å²) in [5.74, 6) is -0.498. The summed E-state index contributed by atoms with van der Waals surface area (Å²) >= 11 is 1.64. The van der Waals surface area contributed by atoms with Gasteiger partial charge < -0.3 is 10.6 Å². The molecular formula is C21H25FN4O2S. The molecule has 0 radical (unpaired) electrons. The molecule has 0 bridgehead atoms. The van der Waals surface area contributed by atoms with Crippen molar-refractivity contribution >= 4 is 35.0 Å². The molecule has 0 saturated carbocycles. The Balaban J connectivity index is 1.38. The lowest BCUT2D eigenvalue weighted by Gasteiger charge is -2.33. The van der Waals surface area contributed by atoms with Crippen LogP contribution in [0.1, 0.15) is 0 Å². The number of nitrogens with one attached hydrogen (secondary N) is 2. The molecule has 3 rings (SSSR count). The van der Waals surface area contributed by atoms with E-state index >= 15 is 0 Å². The van der Waals surface area contributed by atoms with Crippen molar-refractivity contribution in [2.24, 2.45) is 0 Å². The molecule has 8 heteroatoms. The average Bonchev–Trinajstić information content (AvgIpc) is 2.71. The maximum absolute atomic E-state index is 12.9. The Labute approximate surface area is 174 Å². The summed E-state index contributed by atoms with van der Waals surface area (Å²) in [6.45, 7) is 3.49. The lowest BCUT2D eigenvalue weighted by molar-refractivity contribution is -0.120. The molecule has 154 valence electrons. The summed E-state index contributed by atoms with van der Waals surface area (Å²) in [7, 11) is 0. The number of piperazine rings is 1. The number of amides is 2. The van der Waals surface area contributed by atoms with Gasteiger partial charge in [-0.05, 0) is 48.7 Å². The van der Waals surface area contributed by atoms with Crippen molar-refractivity contribution < 1.29 is 14.0 Å². The molecular weight excluding hydrogens is 391 g/mol. The first kappa shape index (κ1) is 21.3. The van der Waals surface area contributed by atoms with Gasteiger partial charge in [-0.3, -0.25) is 19.4 Å². The summed E-state index contributed by atoms with van der Waals surface area (Å²) in [6.07, 6.45) is 2.00. The molecule has 0 atom stereocenters. The Morgan fingerprint density at radius 2 is 1.45 bits per heavy atom. The van der Waals surface area contributed by atoms with Crippen LogP contribution in [-0.2, 0) is 9.59 Å². The molecule has 2 amide bonds. The Kier molecular flexibility index (Phi) is 7.62. The van der Waals surface area contributed by atoms with E-state index in [2.05, 4.69) is 20.4 Å². The molecule has 1 saturated heterocycles. The molecule has 2 N–H and O–H groups in total. The topological polar surface area (TPSA) is 64.7 Å². The van der Waals surface area contributed by atoms with Crippen LogP contribution in [0, 0.1) is 5.82 Å². The van der Waals surface area contributed by atoms with Crippen molar-refractivity contribution in [2.45, 2.75) is 4.90 Å². The van der Waals surface area contributed by atoms with Crippen molar-refractivity contribution in [3.8, 4) is 0 Å². The minimum Gasteiger partial charge on any atom is -0.325 e. The van der Waals surface area contributed by atoms with Crippen molar-refractivity contribution in [2.75, 3.05) is 56.2 Å². The van der Waals surface area contributed by atoms with Gasteiger partial charge in [0.2, 0.25) is 11.8 Å². The second-order valence-corrected chi connectivity index (χ2v) is 7.77. The van der Waals surface area contributed by atoms with E-state index in [1.807, 2.05) is 30.5 Å². The lowest BCUT2D eigenvalue weighted by Crippen LogP contribution is -2.50. The Morgan fingerprint density at radius 1 is 0.897 bits per heavy atom. The van der Waals surface area contributed by atoms with Crippen LogP contribution in [0.3, 0.4) is 0 Å². The van der Waals surface area contributed by atoms with Crippen LogP contribution in [0.25, 0.3) is 0 Å². The molecule has 1 aliphatic heterocycles. The molecule has 2 aromatic carbocycles. The zero-order valence-electron chi connectivity index (χ0n) is 16.4. The van der Waals surface area contributed by atoms with Gasteiger partial charge in [-0.1, -0.05) is 6.07 Å². The van der Waals surface area contributed by atoms with E-state index < -0.39 is 0 Å². The third-order valence-corrected chi connectivity index (χ3v) is 5.41. The fourth-order valence-electron chi connectivity index (χ4n) is 3.15. The van der Waals surface area contributed by atoms with Crippen molar-refractivity contribution in [1.82, 2.24) is 9.80 Å². The third kappa shape index (κ3) is 6.85. The van der Waals surface area contributed by atoms with E-state index in [0.717, 1.165) is 23.7 Å². The van der Waals surface area contributed by atoms with Gasteiger partial charge in [0.25, 0.3) is 0 Å². The fourth-order valence-corrected chi connectivity index (χ4v) is 3.61. The molecule has 0 aromatic heterocycles. The molecule has 6 nitrogen and oxygen atoms in total. The first-order valence-electron chi connectivity index (χ1n) is 9.46. The zero-order valence-corrected chi connectivity index (χ0v) is 17.2. The number of anilines is 2. The Bertz CT molecular complexity index is 839. The summed E-state index contributed by atoms with van der Waals surface area (Å²) in [5.41, 5.74) is 1.38. The van der Waals surface area contributed by atoms with Gasteiger partial charge in [-0.25, -0.2) is 4.39 Å². The lowest BCUT2D eigenvalue weighted by atomic mass is 10.2. The monoisotopic (exact) mass is 416 g/mol. The van der Waals surface area contributed by atoms with Gasteiger partial charge in [0.05, 0.1) is 13.1 Å². The van der Waals surface area contributed by atoms with E-state index in [4.69, 9.17) is 0 Å². The quantitative estimate of drug-likeness (QED) is 0.680.